The zero-order valence-corrected chi connectivity index (χ0v) is 30.3. The van der Waals surface area contributed by atoms with Crippen LogP contribution in [0.3, 0.4) is 0 Å². The molecular formula is C43H54N4O5. The molecule has 1 aliphatic carbocycles. The molecule has 3 atom stereocenters. The van der Waals surface area contributed by atoms with Crippen LogP contribution in [0.4, 0.5) is 0 Å². The molecule has 0 radical (unpaired) electrons. The first-order chi connectivity index (χ1) is 25.2. The predicted molar refractivity (Wildman–Crippen MR) is 205 cm³/mol. The number of aliphatic hydroxyl groups excluding tert-OH is 2. The summed E-state index contributed by atoms with van der Waals surface area (Å²) in [4.78, 5) is 16.0. The lowest BCUT2D eigenvalue weighted by atomic mass is 9.73. The van der Waals surface area contributed by atoms with Crippen molar-refractivity contribution < 1.29 is 24.9 Å². The van der Waals surface area contributed by atoms with Crippen LogP contribution in [0, 0.1) is 0 Å². The fourth-order valence-electron chi connectivity index (χ4n) is 7.86. The van der Waals surface area contributed by atoms with Crippen molar-refractivity contribution in [2.75, 3.05) is 6.54 Å². The van der Waals surface area contributed by atoms with E-state index < -0.39 is 12.2 Å². The maximum absolute atomic E-state index is 12.5. The number of aliphatic hydroxyl groups is 2. The Labute approximate surface area is 306 Å². The van der Waals surface area contributed by atoms with Gasteiger partial charge < -0.3 is 35.3 Å². The number of phenols is 1. The Balaban J connectivity index is 1.10. The standard InChI is InChI=1S/C43H54N4O5/c1-2-9-34(48)24-36(50)25-35(49)16-14-31-15-17-40(51)41(22-31)52-29-47-27-37-38(26-46-39(37)28-47)43(19-6-7-20-43)33-13-8-12-32(23-33)42(44)45-21-18-30-10-4-3-5-11-30/h3-5,8,10-13,15,17,22-23,26-28,34,36,42,45-46,48,50-51H,2,6-7,9,14,16,18-21,24-25,29,44H2,1H3. The number of phenolic OH excluding ortho intramolecular Hbond substituents is 1. The average molecular weight is 707 g/mol. The molecule has 3 aromatic carbocycles. The number of fused-ring (bicyclic) bond motifs is 1. The largest absolute Gasteiger partial charge is 0.504 e. The van der Waals surface area contributed by atoms with Gasteiger partial charge in [-0.05, 0) is 78.5 Å². The maximum atomic E-state index is 12.5. The summed E-state index contributed by atoms with van der Waals surface area (Å²) in [5, 5.41) is 35.4. The van der Waals surface area contributed by atoms with Crippen molar-refractivity contribution in [3.63, 3.8) is 0 Å². The molecule has 2 aromatic heterocycles. The van der Waals surface area contributed by atoms with E-state index in [9.17, 15) is 20.1 Å². The van der Waals surface area contributed by atoms with Crippen molar-refractivity contribution in [1.29, 1.82) is 0 Å². The van der Waals surface area contributed by atoms with E-state index in [2.05, 4.69) is 71.2 Å². The molecule has 1 aliphatic rings. The molecule has 9 nitrogen and oxygen atoms in total. The lowest BCUT2D eigenvalue weighted by Crippen LogP contribution is -2.31. The quantitative estimate of drug-likeness (QED) is 0.0500. The van der Waals surface area contributed by atoms with Crippen molar-refractivity contribution in [2.45, 2.75) is 108 Å². The second kappa shape index (κ2) is 17.4. The summed E-state index contributed by atoms with van der Waals surface area (Å²) < 4.78 is 8.09. The second-order valence-corrected chi connectivity index (χ2v) is 14.5. The van der Waals surface area contributed by atoms with Crippen LogP contribution in [0.15, 0.2) is 91.4 Å². The number of nitrogens with two attached hydrogens (primary N) is 1. The lowest BCUT2D eigenvalue weighted by Gasteiger charge is -2.30. The number of aromatic hydroxyl groups is 1. The van der Waals surface area contributed by atoms with Gasteiger partial charge in [-0.15, -0.1) is 0 Å². The minimum absolute atomic E-state index is 0.0254. The van der Waals surface area contributed by atoms with Crippen LogP contribution in [0.1, 0.15) is 98.7 Å². The summed E-state index contributed by atoms with van der Waals surface area (Å²) in [6.45, 7) is 2.98. The monoisotopic (exact) mass is 706 g/mol. The first-order valence-corrected chi connectivity index (χ1v) is 18.9. The minimum atomic E-state index is -0.842. The number of Topliss-reactive ketones (excluding diaryl/α,β-unsaturated/α-hetero) is 1. The Bertz CT molecular complexity index is 1890. The third-order valence-electron chi connectivity index (χ3n) is 10.6. The van der Waals surface area contributed by atoms with Crippen molar-refractivity contribution in [3.05, 3.63) is 119 Å². The Morgan fingerprint density at radius 3 is 2.58 bits per heavy atom. The van der Waals surface area contributed by atoms with E-state index in [0.717, 1.165) is 67.1 Å². The smallest absolute Gasteiger partial charge is 0.165 e. The molecule has 0 spiro atoms. The number of aromatic nitrogens is 2. The first-order valence-electron chi connectivity index (χ1n) is 18.9. The highest BCUT2D eigenvalue weighted by atomic mass is 16.5. The summed E-state index contributed by atoms with van der Waals surface area (Å²) in [6, 6.07) is 24.4. The number of carbonyl (C=O) groups excluding carboxylic acids is 1. The molecule has 0 aliphatic heterocycles. The third-order valence-corrected chi connectivity index (χ3v) is 10.6. The molecule has 276 valence electrons. The molecule has 1 saturated carbocycles. The first kappa shape index (κ1) is 37.4. The number of hydrogen-bond acceptors (Lipinski definition) is 7. The van der Waals surface area contributed by atoms with Crippen LogP contribution in [0.2, 0.25) is 0 Å². The molecular weight excluding hydrogens is 652 g/mol. The van der Waals surface area contributed by atoms with Gasteiger partial charge in [0, 0.05) is 48.8 Å². The second-order valence-electron chi connectivity index (χ2n) is 14.5. The van der Waals surface area contributed by atoms with Gasteiger partial charge in [0.2, 0.25) is 0 Å². The van der Waals surface area contributed by atoms with Gasteiger partial charge in [-0.25, -0.2) is 0 Å². The Hall–Kier alpha value is -4.41. The molecule has 3 unspecified atom stereocenters. The number of aromatic amines is 1. The number of ether oxygens (including phenoxy) is 1. The van der Waals surface area contributed by atoms with Gasteiger partial charge in [0.1, 0.15) is 5.78 Å². The van der Waals surface area contributed by atoms with Gasteiger partial charge in [-0.1, -0.05) is 86.8 Å². The lowest BCUT2D eigenvalue weighted by molar-refractivity contribution is -0.121. The summed E-state index contributed by atoms with van der Waals surface area (Å²) >= 11 is 0. The van der Waals surface area contributed by atoms with Crippen molar-refractivity contribution in [2.24, 2.45) is 5.73 Å². The number of benzene rings is 3. The average Bonchev–Trinajstić information content (AvgIpc) is 3.89. The van der Waals surface area contributed by atoms with Gasteiger partial charge in [-0.3, -0.25) is 10.1 Å². The van der Waals surface area contributed by atoms with E-state index in [0.29, 0.717) is 18.6 Å². The number of ketones is 1. The van der Waals surface area contributed by atoms with Crippen LogP contribution >= 0.6 is 0 Å². The highest BCUT2D eigenvalue weighted by Gasteiger charge is 2.39. The van der Waals surface area contributed by atoms with Gasteiger partial charge in [0.15, 0.2) is 18.2 Å². The Kier molecular flexibility index (Phi) is 12.5. The van der Waals surface area contributed by atoms with Gasteiger partial charge in [0.25, 0.3) is 0 Å². The summed E-state index contributed by atoms with van der Waals surface area (Å²) in [5.41, 5.74) is 13.4. The molecule has 5 aromatic rings. The van der Waals surface area contributed by atoms with Crippen molar-refractivity contribution >= 4 is 16.7 Å². The van der Waals surface area contributed by atoms with Gasteiger partial charge >= 0.3 is 0 Å². The number of carbonyl (C=O) groups is 1. The maximum Gasteiger partial charge on any atom is 0.165 e. The molecule has 0 saturated heterocycles. The van der Waals surface area contributed by atoms with E-state index in [1.165, 1.54) is 16.7 Å². The fourth-order valence-corrected chi connectivity index (χ4v) is 7.86. The molecule has 0 amide bonds. The highest BCUT2D eigenvalue weighted by Crippen LogP contribution is 2.49. The van der Waals surface area contributed by atoms with Crippen molar-refractivity contribution in [3.8, 4) is 11.5 Å². The number of hydrogen-bond donors (Lipinski definition) is 6. The molecule has 9 heteroatoms. The van der Waals surface area contributed by atoms with Gasteiger partial charge in [-0.2, -0.15) is 0 Å². The van der Waals surface area contributed by atoms with Crippen LogP contribution < -0.4 is 15.8 Å². The number of rotatable bonds is 19. The van der Waals surface area contributed by atoms with Crippen molar-refractivity contribution in [1.82, 2.24) is 14.9 Å². The van der Waals surface area contributed by atoms with E-state index >= 15 is 0 Å². The topological polar surface area (TPSA) is 146 Å². The van der Waals surface area contributed by atoms with E-state index in [-0.39, 0.29) is 49.1 Å². The normalized spacial score (nSPS) is 15.8. The molecule has 52 heavy (non-hydrogen) atoms. The zero-order chi connectivity index (χ0) is 36.5. The zero-order valence-electron chi connectivity index (χ0n) is 30.3. The van der Waals surface area contributed by atoms with Crippen LogP contribution in [-0.2, 0) is 29.8 Å². The van der Waals surface area contributed by atoms with E-state index in [1.807, 2.05) is 23.8 Å². The highest BCUT2D eigenvalue weighted by molar-refractivity contribution is 5.85. The SMILES string of the molecule is CCCC(O)CC(O)CC(=O)CCc1ccc(O)c(OCn2cc3[nH]cc(C4(c5cccc(C(N)NCCc6ccccc6)c5)CCCC4)c3c2)c1. The molecule has 6 rings (SSSR count). The van der Waals surface area contributed by atoms with Gasteiger partial charge in [0.05, 0.1) is 23.9 Å². The minimum Gasteiger partial charge on any atom is -0.504 e. The molecule has 7 N–H and O–H groups in total. The molecule has 0 bridgehead atoms. The van der Waals surface area contributed by atoms with Crippen LogP contribution in [0.5, 0.6) is 11.5 Å². The molecule has 2 heterocycles. The summed E-state index contributed by atoms with van der Waals surface area (Å²) in [5.74, 6) is 0.324. The van der Waals surface area contributed by atoms with Crippen LogP contribution in [0.25, 0.3) is 10.9 Å². The third kappa shape index (κ3) is 9.14. The van der Waals surface area contributed by atoms with E-state index in [1.54, 1.807) is 18.2 Å². The molecule has 1 fully saturated rings. The number of aryl methyl sites for hydroxylation is 1. The predicted octanol–water partition coefficient (Wildman–Crippen LogP) is 7.17. The fraction of sp³-hybridized carbons (Fsp3) is 0.419. The number of nitrogens with zero attached hydrogens (tertiary/aromatic N) is 1. The number of nitrogens with one attached hydrogen (secondary N) is 2. The summed E-state index contributed by atoms with van der Waals surface area (Å²) in [6.07, 6.45) is 12.4. The van der Waals surface area contributed by atoms with Crippen LogP contribution in [-0.4, -0.2) is 49.4 Å². The number of H-pyrrole nitrogens is 1. The summed E-state index contributed by atoms with van der Waals surface area (Å²) in [7, 11) is 0. The Morgan fingerprint density at radius 2 is 1.79 bits per heavy atom. The van der Waals surface area contributed by atoms with E-state index in [4.69, 9.17) is 10.5 Å². The Morgan fingerprint density at radius 1 is 0.981 bits per heavy atom.